The van der Waals surface area contributed by atoms with Crippen LogP contribution in [0.4, 0.5) is 11.4 Å². The third-order valence-corrected chi connectivity index (χ3v) is 5.08. The molecule has 0 aliphatic carbocycles. The van der Waals surface area contributed by atoms with Gasteiger partial charge in [-0.2, -0.15) is 0 Å². The number of amides is 2. The number of benzene rings is 2. The summed E-state index contributed by atoms with van der Waals surface area (Å²) in [5, 5.41) is 3.81. The number of halogens is 1. The van der Waals surface area contributed by atoms with E-state index in [4.69, 9.17) is 11.6 Å². The Hall–Kier alpha value is -2.31. The van der Waals surface area contributed by atoms with Gasteiger partial charge in [0, 0.05) is 24.2 Å². The molecule has 2 amide bonds. The highest BCUT2D eigenvalue weighted by Crippen LogP contribution is 2.31. The molecule has 3 rings (SSSR count). The van der Waals surface area contributed by atoms with Gasteiger partial charge in [0.25, 0.3) is 0 Å². The molecular formula is C18H16ClN3O2S. The first-order valence-electron chi connectivity index (χ1n) is 7.66. The Morgan fingerprint density at radius 2 is 1.84 bits per heavy atom. The maximum Gasteiger partial charge on any atom is 0.247 e. The standard InChI is InChI=1S/C18H16ClN3O2S/c1-20-18(21-13-5-3-2-4-6-13)25-15-11-16(23)22(17(15)24)14-9-7-12(19)8-10-14/h2-10,15H,11H2,1H3,(H,20,21)/t15-/m0/s1. The number of carbonyl (C=O) groups is 2. The van der Waals surface area contributed by atoms with E-state index in [1.165, 1.54) is 16.7 Å². The van der Waals surface area contributed by atoms with Crippen LogP contribution in [0.5, 0.6) is 0 Å². The summed E-state index contributed by atoms with van der Waals surface area (Å²) in [5.41, 5.74) is 1.41. The van der Waals surface area contributed by atoms with Gasteiger partial charge in [-0.3, -0.25) is 14.6 Å². The first-order chi connectivity index (χ1) is 12.1. The average molecular weight is 374 g/mol. The minimum atomic E-state index is -0.502. The first-order valence-corrected chi connectivity index (χ1v) is 8.92. The first kappa shape index (κ1) is 17.5. The maximum absolute atomic E-state index is 12.7. The zero-order valence-electron chi connectivity index (χ0n) is 13.5. The average Bonchev–Trinajstić information content (AvgIpc) is 2.90. The Balaban J connectivity index is 1.72. The van der Waals surface area contributed by atoms with Crippen LogP contribution in [0, 0.1) is 0 Å². The van der Waals surface area contributed by atoms with Gasteiger partial charge in [-0.1, -0.05) is 41.6 Å². The van der Waals surface area contributed by atoms with Gasteiger partial charge >= 0.3 is 0 Å². The van der Waals surface area contributed by atoms with Gasteiger partial charge in [0.1, 0.15) is 5.25 Å². The Morgan fingerprint density at radius 1 is 1.16 bits per heavy atom. The highest BCUT2D eigenvalue weighted by atomic mass is 35.5. The lowest BCUT2D eigenvalue weighted by Gasteiger charge is -2.15. The van der Waals surface area contributed by atoms with Crippen LogP contribution in [-0.2, 0) is 9.59 Å². The molecule has 0 radical (unpaired) electrons. The highest BCUT2D eigenvalue weighted by Gasteiger charge is 2.40. The minimum absolute atomic E-state index is 0.140. The molecule has 1 atom stereocenters. The summed E-state index contributed by atoms with van der Waals surface area (Å²) in [6.07, 6.45) is 0.140. The van der Waals surface area contributed by atoms with Crippen molar-refractivity contribution in [2.75, 3.05) is 17.3 Å². The second kappa shape index (κ2) is 7.72. The Labute approximate surface area is 155 Å². The van der Waals surface area contributed by atoms with E-state index in [2.05, 4.69) is 10.3 Å². The van der Waals surface area contributed by atoms with Crippen LogP contribution in [0.25, 0.3) is 0 Å². The number of aliphatic imine (C=N–C) groups is 1. The van der Waals surface area contributed by atoms with Crippen LogP contribution < -0.4 is 10.2 Å². The molecule has 2 aromatic rings. The number of hydrogen-bond donors (Lipinski definition) is 1. The van der Waals surface area contributed by atoms with Gasteiger partial charge in [0.2, 0.25) is 11.8 Å². The van der Waals surface area contributed by atoms with Gasteiger partial charge in [-0.25, -0.2) is 4.90 Å². The van der Waals surface area contributed by atoms with Gasteiger partial charge in [-0.05, 0) is 36.4 Å². The van der Waals surface area contributed by atoms with E-state index in [0.29, 0.717) is 15.9 Å². The molecule has 2 aromatic carbocycles. The monoisotopic (exact) mass is 373 g/mol. The summed E-state index contributed by atoms with van der Waals surface area (Å²) in [4.78, 5) is 30.4. The van der Waals surface area contributed by atoms with E-state index in [1.807, 2.05) is 30.3 Å². The molecule has 25 heavy (non-hydrogen) atoms. The SMILES string of the molecule is CN=C(Nc1ccccc1)S[C@H]1CC(=O)N(c2ccc(Cl)cc2)C1=O. The normalized spacial score (nSPS) is 17.9. The lowest BCUT2D eigenvalue weighted by atomic mass is 10.3. The number of carbonyl (C=O) groups excluding carboxylic acids is 2. The van der Waals surface area contributed by atoms with E-state index < -0.39 is 5.25 Å². The topological polar surface area (TPSA) is 61.8 Å². The summed E-state index contributed by atoms with van der Waals surface area (Å²) in [6.45, 7) is 0. The fourth-order valence-electron chi connectivity index (χ4n) is 2.48. The predicted octanol–water partition coefficient (Wildman–Crippen LogP) is 3.80. The van der Waals surface area contributed by atoms with Crippen LogP contribution in [0.3, 0.4) is 0 Å². The largest absolute Gasteiger partial charge is 0.335 e. The van der Waals surface area contributed by atoms with Crippen LogP contribution in [0.1, 0.15) is 6.42 Å². The van der Waals surface area contributed by atoms with Crippen molar-refractivity contribution in [1.29, 1.82) is 0 Å². The second-order valence-electron chi connectivity index (χ2n) is 5.37. The highest BCUT2D eigenvalue weighted by molar-refractivity contribution is 8.15. The molecule has 1 fully saturated rings. The van der Waals surface area contributed by atoms with Gasteiger partial charge < -0.3 is 5.32 Å². The van der Waals surface area contributed by atoms with Gasteiger partial charge in [-0.15, -0.1) is 0 Å². The molecule has 0 bridgehead atoms. The number of thioether (sulfide) groups is 1. The van der Waals surface area contributed by atoms with E-state index in [0.717, 1.165) is 5.69 Å². The zero-order chi connectivity index (χ0) is 17.8. The molecule has 128 valence electrons. The van der Waals surface area contributed by atoms with Crippen molar-refractivity contribution in [3.8, 4) is 0 Å². The molecule has 1 saturated heterocycles. The number of amidine groups is 1. The third kappa shape index (κ3) is 4.03. The smallest absolute Gasteiger partial charge is 0.247 e. The Kier molecular flexibility index (Phi) is 5.40. The van der Waals surface area contributed by atoms with Crippen LogP contribution in [-0.4, -0.2) is 29.3 Å². The van der Waals surface area contributed by atoms with Crippen LogP contribution >= 0.6 is 23.4 Å². The Bertz CT molecular complexity index is 809. The van der Waals surface area contributed by atoms with E-state index in [1.54, 1.807) is 31.3 Å². The van der Waals surface area contributed by atoms with E-state index in [9.17, 15) is 9.59 Å². The molecule has 1 aliphatic heterocycles. The molecule has 1 N–H and O–H groups in total. The van der Waals surface area contributed by atoms with Crippen molar-refractivity contribution < 1.29 is 9.59 Å². The molecule has 0 spiro atoms. The number of para-hydroxylation sites is 1. The zero-order valence-corrected chi connectivity index (χ0v) is 15.1. The molecule has 7 heteroatoms. The quantitative estimate of drug-likeness (QED) is 0.505. The lowest BCUT2D eigenvalue weighted by molar-refractivity contribution is -0.121. The van der Waals surface area contributed by atoms with Crippen molar-refractivity contribution in [2.45, 2.75) is 11.7 Å². The summed E-state index contributed by atoms with van der Waals surface area (Å²) >= 11 is 7.13. The van der Waals surface area contributed by atoms with Crippen molar-refractivity contribution in [3.05, 3.63) is 59.6 Å². The lowest BCUT2D eigenvalue weighted by Crippen LogP contribution is -2.31. The maximum atomic E-state index is 12.7. The van der Waals surface area contributed by atoms with Gasteiger partial charge in [0.05, 0.1) is 5.69 Å². The molecular weight excluding hydrogens is 358 g/mol. The second-order valence-corrected chi connectivity index (χ2v) is 7.00. The van der Waals surface area contributed by atoms with Crippen molar-refractivity contribution in [1.82, 2.24) is 0 Å². The third-order valence-electron chi connectivity index (χ3n) is 3.67. The fourth-order valence-corrected chi connectivity index (χ4v) is 3.59. The molecule has 0 unspecified atom stereocenters. The minimum Gasteiger partial charge on any atom is -0.335 e. The number of hydrogen-bond acceptors (Lipinski definition) is 4. The summed E-state index contributed by atoms with van der Waals surface area (Å²) in [7, 11) is 1.65. The van der Waals surface area contributed by atoms with Crippen molar-refractivity contribution in [3.63, 3.8) is 0 Å². The fraction of sp³-hybridized carbons (Fsp3) is 0.167. The molecule has 5 nitrogen and oxygen atoms in total. The number of nitrogens with one attached hydrogen (secondary N) is 1. The molecule has 0 aromatic heterocycles. The number of imide groups is 1. The summed E-state index contributed by atoms with van der Waals surface area (Å²) in [6, 6.07) is 16.2. The number of nitrogens with zero attached hydrogens (tertiary/aromatic N) is 2. The molecule has 1 aliphatic rings. The van der Waals surface area contributed by atoms with Crippen LogP contribution in [0.2, 0.25) is 5.02 Å². The van der Waals surface area contributed by atoms with E-state index in [-0.39, 0.29) is 18.2 Å². The predicted molar refractivity (Wildman–Crippen MR) is 103 cm³/mol. The summed E-state index contributed by atoms with van der Waals surface area (Å²) in [5.74, 6) is -0.465. The summed E-state index contributed by atoms with van der Waals surface area (Å²) < 4.78 is 0. The van der Waals surface area contributed by atoms with Gasteiger partial charge in [0.15, 0.2) is 5.17 Å². The van der Waals surface area contributed by atoms with Crippen LogP contribution in [0.15, 0.2) is 59.6 Å². The Morgan fingerprint density at radius 3 is 2.48 bits per heavy atom. The van der Waals surface area contributed by atoms with Crippen molar-refractivity contribution >= 4 is 51.7 Å². The van der Waals surface area contributed by atoms with Crippen molar-refractivity contribution in [2.24, 2.45) is 4.99 Å². The number of rotatable bonds is 3. The number of anilines is 2. The molecule has 0 saturated carbocycles. The van der Waals surface area contributed by atoms with E-state index >= 15 is 0 Å². The molecule has 1 heterocycles.